The summed E-state index contributed by atoms with van der Waals surface area (Å²) in [5.41, 5.74) is 0. The van der Waals surface area contributed by atoms with Gasteiger partial charge in [0.2, 0.25) is 0 Å². The summed E-state index contributed by atoms with van der Waals surface area (Å²) in [6, 6.07) is 7.64. The third-order valence-corrected chi connectivity index (χ3v) is 2.78. The Hall–Kier alpha value is -1.26. The van der Waals surface area contributed by atoms with E-state index in [-0.39, 0.29) is 0 Å². The van der Waals surface area contributed by atoms with Crippen LogP contribution in [0.15, 0.2) is 24.3 Å². The van der Waals surface area contributed by atoms with Crippen molar-refractivity contribution in [1.29, 1.82) is 0 Å². The third-order valence-electron chi connectivity index (χ3n) is 2.78. The fourth-order valence-electron chi connectivity index (χ4n) is 1.87. The van der Waals surface area contributed by atoms with Gasteiger partial charge in [0.05, 0.1) is 19.8 Å². The van der Waals surface area contributed by atoms with Crippen LogP contribution < -0.4 is 14.8 Å². The molecule has 1 N–H and O–H groups in total. The molecule has 1 heterocycles. The van der Waals surface area contributed by atoms with Crippen molar-refractivity contribution in [2.24, 2.45) is 0 Å². The summed E-state index contributed by atoms with van der Waals surface area (Å²) >= 11 is 0. The van der Waals surface area contributed by atoms with Gasteiger partial charge in [-0.15, -0.1) is 0 Å². The largest absolute Gasteiger partial charge is 0.493 e. The molecule has 1 atom stereocenters. The number of benzene rings is 1. The zero-order chi connectivity index (χ0) is 11.9. The second kappa shape index (κ2) is 6.47. The summed E-state index contributed by atoms with van der Waals surface area (Å²) in [5.74, 6) is 1.53. The molecule has 0 saturated carbocycles. The Morgan fingerprint density at radius 1 is 1.24 bits per heavy atom. The van der Waals surface area contributed by atoms with Crippen LogP contribution in [0.4, 0.5) is 0 Å². The molecule has 1 aromatic rings. The van der Waals surface area contributed by atoms with E-state index in [4.69, 9.17) is 14.2 Å². The Labute approximate surface area is 102 Å². The lowest BCUT2D eigenvalue weighted by molar-refractivity contribution is 0.0450. The zero-order valence-electron chi connectivity index (χ0n) is 10.1. The minimum atomic E-state index is 0.344. The zero-order valence-corrected chi connectivity index (χ0v) is 10.1. The first-order valence-electron chi connectivity index (χ1n) is 5.98. The normalized spacial score (nSPS) is 19.2. The van der Waals surface area contributed by atoms with Crippen molar-refractivity contribution >= 4 is 0 Å². The van der Waals surface area contributed by atoms with Crippen molar-refractivity contribution in [1.82, 2.24) is 5.32 Å². The van der Waals surface area contributed by atoms with Crippen molar-refractivity contribution in [2.75, 3.05) is 33.4 Å². The molecular weight excluding hydrogens is 218 g/mol. The second-order valence-electron chi connectivity index (χ2n) is 3.98. The highest BCUT2D eigenvalue weighted by Gasteiger charge is 2.14. The summed E-state index contributed by atoms with van der Waals surface area (Å²) in [6.07, 6.45) is 1.44. The fourth-order valence-corrected chi connectivity index (χ4v) is 1.87. The van der Waals surface area contributed by atoms with Crippen molar-refractivity contribution in [3.8, 4) is 11.5 Å². The number of hydrogen-bond donors (Lipinski definition) is 1. The molecule has 1 aliphatic heterocycles. The number of hydrogen-bond acceptors (Lipinski definition) is 4. The molecule has 4 nitrogen and oxygen atoms in total. The number of para-hydroxylation sites is 2. The molecule has 1 aliphatic rings. The fraction of sp³-hybridized carbons (Fsp3) is 0.538. The van der Waals surface area contributed by atoms with Gasteiger partial charge in [-0.05, 0) is 25.1 Å². The second-order valence-corrected chi connectivity index (χ2v) is 3.98. The molecule has 2 rings (SSSR count). The molecule has 4 heteroatoms. The Morgan fingerprint density at radius 3 is 2.76 bits per heavy atom. The maximum atomic E-state index is 5.67. The van der Waals surface area contributed by atoms with Crippen LogP contribution in [0.5, 0.6) is 11.5 Å². The van der Waals surface area contributed by atoms with E-state index in [1.54, 1.807) is 7.11 Å². The molecule has 0 bridgehead atoms. The molecule has 17 heavy (non-hydrogen) atoms. The number of nitrogens with one attached hydrogen (secondary N) is 1. The predicted octanol–water partition coefficient (Wildman–Crippen LogP) is 1.45. The standard InChI is InChI=1S/C13H19NO3/c1-15-12-4-2-3-5-13(12)17-9-8-16-11-6-7-14-10-11/h2-5,11,14H,6-10H2,1H3. The molecular formula is C13H19NO3. The van der Waals surface area contributed by atoms with Crippen molar-refractivity contribution in [3.05, 3.63) is 24.3 Å². The van der Waals surface area contributed by atoms with Crippen LogP contribution in [0, 0.1) is 0 Å². The minimum Gasteiger partial charge on any atom is -0.493 e. The van der Waals surface area contributed by atoms with Crippen LogP contribution in [-0.4, -0.2) is 39.5 Å². The summed E-state index contributed by atoms with van der Waals surface area (Å²) < 4.78 is 16.5. The molecule has 1 unspecified atom stereocenters. The highest BCUT2D eigenvalue weighted by Crippen LogP contribution is 2.25. The van der Waals surface area contributed by atoms with Crippen LogP contribution in [0.2, 0.25) is 0 Å². The van der Waals surface area contributed by atoms with Crippen LogP contribution in [0.25, 0.3) is 0 Å². The maximum absolute atomic E-state index is 5.67. The molecule has 0 aliphatic carbocycles. The topological polar surface area (TPSA) is 39.7 Å². The smallest absolute Gasteiger partial charge is 0.161 e. The van der Waals surface area contributed by atoms with E-state index in [0.717, 1.165) is 31.0 Å². The van der Waals surface area contributed by atoms with Crippen molar-refractivity contribution < 1.29 is 14.2 Å². The van der Waals surface area contributed by atoms with E-state index in [1.807, 2.05) is 24.3 Å². The van der Waals surface area contributed by atoms with Gasteiger partial charge in [0.15, 0.2) is 11.5 Å². The lowest BCUT2D eigenvalue weighted by Gasteiger charge is -2.12. The van der Waals surface area contributed by atoms with E-state index in [0.29, 0.717) is 19.3 Å². The Bertz CT molecular complexity index is 337. The van der Waals surface area contributed by atoms with E-state index >= 15 is 0 Å². The Balaban J connectivity index is 1.70. The van der Waals surface area contributed by atoms with Gasteiger partial charge in [-0.25, -0.2) is 0 Å². The van der Waals surface area contributed by atoms with E-state index in [1.165, 1.54) is 0 Å². The predicted molar refractivity (Wildman–Crippen MR) is 65.7 cm³/mol. The molecule has 94 valence electrons. The monoisotopic (exact) mass is 237 g/mol. The highest BCUT2D eigenvalue weighted by atomic mass is 16.5. The SMILES string of the molecule is COc1ccccc1OCCOC1CCNC1. The molecule has 1 saturated heterocycles. The first kappa shape index (κ1) is 12.2. The molecule has 0 spiro atoms. The number of rotatable bonds is 6. The minimum absolute atomic E-state index is 0.344. The van der Waals surface area contributed by atoms with E-state index in [9.17, 15) is 0 Å². The van der Waals surface area contributed by atoms with Crippen LogP contribution >= 0.6 is 0 Å². The summed E-state index contributed by atoms with van der Waals surface area (Å²) in [5, 5.41) is 3.26. The Kier molecular flexibility index (Phi) is 4.64. The highest BCUT2D eigenvalue weighted by molar-refractivity contribution is 5.39. The summed E-state index contributed by atoms with van der Waals surface area (Å²) in [6.45, 7) is 3.17. The lowest BCUT2D eigenvalue weighted by atomic mass is 10.3. The van der Waals surface area contributed by atoms with Gasteiger partial charge in [-0.3, -0.25) is 0 Å². The molecule has 0 aromatic heterocycles. The average molecular weight is 237 g/mol. The van der Waals surface area contributed by atoms with E-state index in [2.05, 4.69) is 5.32 Å². The van der Waals surface area contributed by atoms with Gasteiger partial charge in [0, 0.05) is 6.54 Å². The molecule has 1 fully saturated rings. The average Bonchev–Trinajstić information content (AvgIpc) is 2.88. The molecule has 0 amide bonds. The first-order valence-corrected chi connectivity index (χ1v) is 5.98. The summed E-state index contributed by atoms with van der Waals surface area (Å²) in [4.78, 5) is 0. The maximum Gasteiger partial charge on any atom is 0.161 e. The quantitative estimate of drug-likeness (QED) is 0.760. The molecule has 0 radical (unpaired) electrons. The third kappa shape index (κ3) is 3.61. The number of methoxy groups -OCH3 is 1. The van der Waals surface area contributed by atoms with Crippen molar-refractivity contribution in [2.45, 2.75) is 12.5 Å². The van der Waals surface area contributed by atoms with E-state index < -0.39 is 0 Å². The van der Waals surface area contributed by atoms with Crippen LogP contribution in [-0.2, 0) is 4.74 Å². The van der Waals surface area contributed by atoms with Gasteiger partial charge in [0.25, 0.3) is 0 Å². The van der Waals surface area contributed by atoms with Gasteiger partial charge >= 0.3 is 0 Å². The number of ether oxygens (including phenoxy) is 3. The molecule has 1 aromatic carbocycles. The lowest BCUT2D eigenvalue weighted by Crippen LogP contribution is -2.19. The van der Waals surface area contributed by atoms with Gasteiger partial charge in [-0.2, -0.15) is 0 Å². The first-order chi connectivity index (χ1) is 8.40. The van der Waals surface area contributed by atoms with Gasteiger partial charge < -0.3 is 19.5 Å². The van der Waals surface area contributed by atoms with Crippen LogP contribution in [0.3, 0.4) is 0 Å². The Morgan fingerprint density at radius 2 is 2.06 bits per heavy atom. The van der Waals surface area contributed by atoms with Crippen LogP contribution in [0.1, 0.15) is 6.42 Å². The van der Waals surface area contributed by atoms with Crippen molar-refractivity contribution in [3.63, 3.8) is 0 Å². The summed E-state index contributed by atoms with van der Waals surface area (Å²) in [7, 11) is 1.64. The van der Waals surface area contributed by atoms with Gasteiger partial charge in [0.1, 0.15) is 6.61 Å². The van der Waals surface area contributed by atoms with Gasteiger partial charge in [-0.1, -0.05) is 12.1 Å².